The molecule has 0 spiro atoms. The summed E-state index contributed by atoms with van der Waals surface area (Å²) in [6.07, 6.45) is 13.2. The molecule has 0 bridgehead atoms. The highest BCUT2D eigenvalue weighted by Crippen LogP contribution is 2.60. The van der Waals surface area contributed by atoms with E-state index in [-0.39, 0.29) is 24.5 Å². The predicted octanol–water partition coefficient (Wildman–Crippen LogP) is 5.90. The highest BCUT2D eigenvalue weighted by Gasteiger charge is 2.50. The van der Waals surface area contributed by atoms with Gasteiger partial charge in [0.2, 0.25) is 0 Å². The van der Waals surface area contributed by atoms with Gasteiger partial charge in [-0.2, -0.15) is 0 Å². The summed E-state index contributed by atoms with van der Waals surface area (Å²) >= 11 is 0. The van der Waals surface area contributed by atoms with Crippen LogP contribution in [-0.4, -0.2) is 46.6 Å². The van der Waals surface area contributed by atoms with Crippen LogP contribution in [0.15, 0.2) is 47.6 Å². The van der Waals surface area contributed by atoms with Crippen molar-refractivity contribution in [2.24, 2.45) is 23.2 Å². The molecule has 6 nitrogen and oxygen atoms in total. The third-order valence-corrected chi connectivity index (χ3v) is 10.5. The lowest BCUT2D eigenvalue weighted by Crippen LogP contribution is -2.35. The second-order valence-corrected chi connectivity index (χ2v) is 12.8. The molecule has 3 aliphatic rings. The molecule has 0 heterocycles. The van der Waals surface area contributed by atoms with Crippen LogP contribution in [-0.2, 0) is 13.6 Å². The van der Waals surface area contributed by atoms with Crippen LogP contribution < -0.4 is 0 Å². The Hall–Kier alpha value is -1.01. The predicted molar refractivity (Wildman–Crippen MR) is 140 cm³/mol. The fourth-order valence-corrected chi connectivity index (χ4v) is 8.08. The average molecular weight is 509 g/mol. The molecule has 3 fully saturated rings. The summed E-state index contributed by atoms with van der Waals surface area (Å²) in [7, 11) is -3.58. The Kier molecular flexibility index (Phi) is 9.81. The molecule has 0 aromatic heterocycles. The summed E-state index contributed by atoms with van der Waals surface area (Å²) in [4.78, 5) is 0. The first-order chi connectivity index (χ1) is 16.6. The van der Waals surface area contributed by atoms with E-state index in [2.05, 4.69) is 32.6 Å². The summed E-state index contributed by atoms with van der Waals surface area (Å²) in [5.41, 5.74) is 3.28. The maximum atomic E-state index is 12.9. The van der Waals surface area contributed by atoms with Crippen LogP contribution in [0.25, 0.3) is 0 Å². The number of aliphatic hydroxyl groups excluding tert-OH is 3. The van der Waals surface area contributed by atoms with E-state index in [1.54, 1.807) is 19.9 Å². The molecule has 3 N–H and O–H groups in total. The maximum Gasteiger partial charge on any atom is 0.362 e. The van der Waals surface area contributed by atoms with E-state index in [4.69, 9.17) is 9.05 Å². The zero-order chi connectivity index (χ0) is 25.8. The fraction of sp³-hybridized carbons (Fsp3) is 0.714. The zero-order valence-electron chi connectivity index (χ0n) is 21.9. The second-order valence-electron chi connectivity index (χ2n) is 10.7. The molecule has 7 heteroatoms. The first-order valence-corrected chi connectivity index (χ1v) is 14.9. The molecule has 7 atom stereocenters. The van der Waals surface area contributed by atoms with Gasteiger partial charge >= 0.3 is 7.60 Å². The van der Waals surface area contributed by atoms with Gasteiger partial charge in [-0.25, -0.2) is 0 Å². The minimum absolute atomic E-state index is 0.156. The second kappa shape index (κ2) is 12.0. The summed E-state index contributed by atoms with van der Waals surface area (Å²) < 4.78 is 23.4. The SMILES string of the molecule is C=C1C(=CC=C2CCC[C@@]3(C)C2CC[C@@H]3[C@H](C)C=CC(O)P(=O)(OCC)OCC)C[C@@H](O)C[C@@H]1O. The minimum Gasteiger partial charge on any atom is -0.393 e. The quantitative estimate of drug-likeness (QED) is 0.265. The Labute approximate surface area is 211 Å². The largest absolute Gasteiger partial charge is 0.393 e. The lowest BCUT2D eigenvalue weighted by Gasteiger charge is -2.44. The Morgan fingerprint density at radius 2 is 1.86 bits per heavy atom. The van der Waals surface area contributed by atoms with Crippen LogP contribution in [0, 0.1) is 23.2 Å². The number of fused-ring (bicyclic) bond motifs is 1. The smallest absolute Gasteiger partial charge is 0.362 e. The van der Waals surface area contributed by atoms with Crippen molar-refractivity contribution in [3.63, 3.8) is 0 Å². The molecule has 35 heavy (non-hydrogen) atoms. The molecule has 3 aliphatic carbocycles. The molecule has 0 amide bonds. The molecular weight excluding hydrogens is 463 g/mol. The van der Waals surface area contributed by atoms with Gasteiger partial charge in [0, 0.05) is 6.42 Å². The van der Waals surface area contributed by atoms with Gasteiger partial charge < -0.3 is 24.4 Å². The molecule has 3 saturated carbocycles. The Bertz CT molecular complexity index is 882. The Morgan fingerprint density at radius 3 is 2.51 bits per heavy atom. The lowest BCUT2D eigenvalue weighted by atomic mass is 9.61. The van der Waals surface area contributed by atoms with Crippen LogP contribution in [0.5, 0.6) is 0 Å². The van der Waals surface area contributed by atoms with Crippen molar-refractivity contribution in [1.29, 1.82) is 0 Å². The van der Waals surface area contributed by atoms with E-state index in [1.807, 2.05) is 6.08 Å². The van der Waals surface area contributed by atoms with Gasteiger partial charge in [-0.05, 0) is 92.8 Å². The van der Waals surface area contributed by atoms with Crippen molar-refractivity contribution in [2.75, 3.05) is 13.2 Å². The summed E-state index contributed by atoms with van der Waals surface area (Å²) in [6, 6.07) is 0. The summed E-state index contributed by atoms with van der Waals surface area (Å²) in [5.74, 6) is -0.0993. The van der Waals surface area contributed by atoms with Crippen LogP contribution in [0.4, 0.5) is 0 Å². The highest BCUT2D eigenvalue weighted by atomic mass is 31.2. The van der Waals surface area contributed by atoms with Gasteiger partial charge in [-0.15, -0.1) is 0 Å². The number of allylic oxidation sites excluding steroid dienone is 4. The van der Waals surface area contributed by atoms with E-state index in [9.17, 15) is 19.9 Å². The molecule has 198 valence electrons. The molecule has 2 unspecified atom stereocenters. The molecule has 0 aromatic carbocycles. The van der Waals surface area contributed by atoms with E-state index >= 15 is 0 Å². The number of rotatable bonds is 9. The van der Waals surface area contributed by atoms with Gasteiger partial charge in [0.1, 0.15) is 0 Å². The molecule has 0 saturated heterocycles. The van der Waals surface area contributed by atoms with Crippen molar-refractivity contribution in [3.8, 4) is 0 Å². The monoisotopic (exact) mass is 508 g/mol. The van der Waals surface area contributed by atoms with Crippen molar-refractivity contribution < 1.29 is 28.9 Å². The van der Waals surface area contributed by atoms with E-state index < -0.39 is 25.6 Å². The van der Waals surface area contributed by atoms with Crippen LogP contribution >= 0.6 is 7.60 Å². The minimum atomic E-state index is -3.58. The molecule has 0 radical (unpaired) electrons. The molecule has 3 rings (SSSR count). The van der Waals surface area contributed by atoms with Gasteiger partial charge in [-0.3, -0.25) is 4.57 Å². The average Bonchev–Trinajstić information content (AvgIpc) is 3.16. The number of hydrogen-bond donors (Lipinski definition) is 3. The number of hydrogen-bond acceptors (Lipinski definition) is 6. The molecule has 0 aliphatic heterocycles. The van der Waals surface area contributed by atoms with E-state index in [0.717, 1.165) is 43.3 Å². The normalized spacial score (nSPS) is 36.1. The third-order valence-electron chi connectivity index (χ3n) is 8.47. The molecule has 0 aromatic rings. The summed E-state index contributed by atoms with van der Waals surface area (Å²) in [6.45, 7) is 12.5. The number of aliphatic hydroxyl groups is 3. The lowest BCUT2D eigenvalue weighted by molar-refractivity contribution is 0.0862. The van der Waals surface area contributed by atoms with Gasteiger partial charge in [0.15, 0.2) is 5.85 Å². The Balaban J connectivity index is 1.74. The van der Waals surface area contributed by atoms with Gasteiger partial charge in [-0.1, -0.05) is 44.2 Å². The van der Waals surface area contributed by atoms with E-state index in [0.29, 0.717) is 24.7 Å². The first-order valence-electron chi connectivity index (χ1n) is 13.3. The van der Waals surface area contributed by atoms with Crippen molar-refractivity contribution in [3.05, 3.63) is 47.6 Å². The summed E-state index contributed by atoms with van der Waals surface area (Å²) in [5, 5.41) is 30.8. The third kappa shape index (κ3) is 6.29. The van der Waals surface area contributed by atoms with Gasteiger partial charge in [0.05, 0.1) is 25.4 Å². The van der Waals surface area contributed by atoms with Gasteiger partial charge in [0.25, 0.3) is 0 Å². The zero-order valence-corrected chi connectivity index (χ0v) is 22.8. The highest BCUT2D eigenvalue weighted by molar-refractivity contribution is 7.54. The van der Waals surface area contributed by atoms with E-state index in [1.165, 1.54) is 5.57 Å². The van der Waals surface area contributed by atoms with Crippen molar-refractivity contribution in [1.82, 2.24) is 0 Å². The maximum absolute atomic E-state index is 12.9. The van der Waals surface area contributed by atoms with Crippen LogP contribution in [0.3, 0.4) is 0 Å². The topological polar surface area (TPSA) is 96.2 Å². The van der Waals surface area contributed by atoms with Crippen LogP contribution in [0.2, 0.25) is 0 Å². The van der Waals surface area contributed by atoms with Crippen molar-refractivity contribution >= 4 is 7.60 Å². The standard InChI is InChI=1S/C28H45O6P/c1-6-33-35(32,34-7-2)27(31)15-10-19(3)24-13-14-25-21(9-8-16-28(24,25)5)11-12-22-17-23(29)18-26(30)20(22)4/h10-12,15,19,23-27,29-31H,4,6-9,13-14,16-18H2,1-3,5H3/t19-,23-,24-,25?,26+,27?,28-/m1/s1. The molecular formula is C28H45O6P. The fourth-order valence-electron chi connectivity index (χ4n) is 6.67. The first kappa shape index (κ1) is 28.6. The Morgan fingerprint density at radius 1 is 1.17 bits per heavy atom. The van der Waals surface area contributed by atoms with Crippen molar-refractivity contribution in [2.45, 2.75) is 90.7 Å². The van der Waals surface area contributed by atoms with Crippen LogP contribution in [0.1, 0.15) is 72.6 Å².